The van der Waals surface area contributed by atoms with Gasteiger partial charge in [-0.2, -0.15) is 11.8 Å². The van der Waals surface area contributed by atoms with Gasteiger partial charge in [0.15, 0.2) is 0 Å². The summed E-state index contributed by atoms with van der Waals surface area (Å²) < 4.78 is 0. The molecule has 2 heterocycles. The minimum atomic E-state index is -0.894. The van der Waals surface area contributed by atoms with E-state index in [-0.39, 0.29) is 18.4 Å². The molecule has 1 saturated heterocycles. The van der Waals surface area contributed by atoms with Crippen LogP contribution in [0.3, 0.4) is 0 Å². The van der Waals surface area contributed by atoms with Gasteiger partial charge in [-0.05, 0) is 12.1 Å². The van der Waals surface area contributed by atoms with Crippen LogP contribution in [0.2, 0.25) is 5.02 Å². The highest BCUT2D eigenvalue weighted by Gasteiger charge is 2.29. The van der Waals surface area contributed by atoms with Crippen LogP contribution >= 0.6 is 23.4 Å². The predicted molar refractivity (Wildman–Crippen MR) is 73.6 cm³/mol. The van der Waals surface area contributed by atoms with Gasteiger partial charge >= 0.3 is 5.97 Å². The van der Waals surface area contributed by atoms with Crippen molar-refractivity contribution < 1.29 is 14.7 Å². The van der Waals surface area contributed by atoms with Gasteiger partial charge in [0, 0.05) is 24.2 Å². The van der Waals surface area contributed by atoms with Crippen molar-refractivity contribution in [2.45, 2.75) is 12.5 Å². The van der Waals surface area contributed by atoms with Crippen molar-refractivity contribution in [2.24, 2.45) is 0 Å². The Morgan fingerprint density at radius 1 is 1.53 bits per heavy atom. The Hall–Kier alpha value is -1.27. The smallest absolute Gasteiger partial charge is 0.305 e. The summed E-state index contributed by atoms with van der Waals surface area (Å²) in [6, 6.07) is 2.89. The standard InChI is InChI=1S/C12H13ClN2O3S/c13-8-1-2-10(14-6-8)12(18)15-3-4-19-7-9(15)5-11(16)17/h1-2,6,9H,3-5,7H2,(H,16,17). The van der Waals surface area contributed by atoms with Gasteiger partial charge in [0.1, 0.15) is 5.69 Å². The van der Waals surface area contributed by atoms with E-state index in [1.165, 1.54) is 6.20 Å². The number of pyridine rings is 1. The summed E-state index contributed by atoms with van der Waals surface area (Å²) in [5.41, 5.74) is 0.298. The first-order valence-corrected chi connectivity index (χ1v) is 7.33. The van der Waals surface area contributed by atoms with Crippen LogP contribution in [0, 0.1) is 0 Å². The molecule has 0 aliphatic carbocycles. The Balaban J connectivity index is 2.15. The zero-order chi connectivity index (χ0) is 13.8. The number of rotatable bonds is 3. The van der Waals surface area contributed by atoms with Crippen molar-refractivity contribution in [1.82, 2.24) is 9.88 Å². The van der Waals surface area contributed by atoms with E-state index < -0.39 is 5.97 Å². The first kappa shape index (κ1) is 14.1. The largest absolute Gasteiger partial charge is 0.481 e. The van der Waals surface area contributed by atoms with Crippen molar-refractivity contribution in [3.63, 3.8) is 0 Å². The lowest BCUT2D eigenvalue weighted by Crippen LogP contribution is -2.47. The van der Waals surface area contributed by atoms with Crippen LogP contribution in [-0.2, 0) is 4.79 Å². The van der Waals surface area contributed by atoms with E-state index in [0.29, 0.717) is 23.0 Å². The highest BCUT2D eigenvalue weighted by atomic mass is 35.5. The van der Waals surface area contributed by atoms with E-state index in [4.69, 9.17) is 16.7 Å². The van der Waals surface area contributed by atoms with E-state index in [0.717, 1.165) is 5.75 Å². The minimum absolute atomic E-state index is 0.0354. The second kappa shape index (κ2) is 6.25. The Morgan fingerprint density at radius 3 is 2.95 bits per heavy atom. The van der Waals surface area contributed by atoms with Crippen LogP contribution in [0.15, 0.2) is 18.3 Å². The molecule has 2 rings (SSSR count). The third-order valence-electron chi connectivity index (χ3n) is 2.85. The number of aromatic nitrogens is 1. The van der Waals surface area contributed by atoms with Gasteiger partial charge in [-0.25, -0.2) is 4.98 Å². The molecule has 7 heteroatoms. The molecule has 0 saturated carbocycles. The summed E-state index contributed by atoms with van der Waals surface area (Å²) in [7, 11) is 0. The SMILES string of the molecule is O=C(O)CC1CSCCN1C(=O)c1ccc(Cl)cn1. The van der Waals surface area contributed by atoms with Gasteiger partial charge in [0.05, 0.1) is 17.5 Å². The number of carbonyl (C=O) groups excluding carboxylic acids is 1. The van der Waals surface area contributed by atoms with Crippen molar-refractivity contribution >= 4 is 35.2 Å². The fourth-order valence-electron chi connectivity index (χ4n) is 1.94. The summed E-state index contributed by atoms with van der Waals surface area (Å²) >= 11 is 7.40. The maximum atomic E-state index is 12.3. The lowest BCUT2D eigenvalue weighted by Gasteiger charge is -2.34. The Bertz CT molecular complexity index is 480. The maximum Gasteiger partial charge on any atom is 0.305 e. The van der Waals surface area contributed by atoms with E-state index in [9.17, 15) is 9.59 Å². The second-order valence-electron chi connectivity index (χ2n) is 4.19. The zero-order valence-corrected chi connectivity index (χ0v) is 11.7. The van der Waals surface area contributed by atoms with Gasteiger partial charge in [0.25, 0.3) is 5.91 Å². The first-order chi connectivity index (χ1) is 9.08. The quantitative estimate of drug-likeness (QED) is 0.921. The van der Waals surface area contributed by atoms with Crippen molar-refractivity contribution in [3.8, 4) is 0 Å². The molecule has 1 aliphatic rings. The number of carboxylic acids is 1. The highest BCUT2D eigenvalue weighted by molar-refractivity contribution is 7.99. The average molecular weight is 301 g/mol. The van der Waals surface area contributed by atoms with E-state index in [2.05, 4.69) is 4.98 Å². The lowest BCUT2D eigenvalue weighted by atomic mass is 10.1. The molecule has 1 atom stereocenters. The summed E-state index contributed by atoms with van der Waals surface area (Å²) in [6.07, 6.45) is 1.38. The molecule has 0 aromatic carbocycles. The molecular formula is C12H13ClN2O3S. The minimum Gasteiger partial charge on any atom is -0.481 e. The summed E-state index contributed by atoms with van der Waals surface area (Å²) in [4.78, 5) is 28.7. The van der Waals surface area contributed by atoms with Crippen LogP contribution in [0.5, 0.6) is 0 Å². The predicted octanol–water partition coefficient (Wildman–Crippen LogP) is 1.77. The molecule has 0 spiro atoms. The number of amides is 1. The molecule has 1 unspecified atom stereocenters. The molecule has 102 valence electrons. The van der Waals surface area contributed by atoms with Gasteiger partial charge in [-0.15, -0.1) is 0 Å². The molecule has 1 aromatic rings. The molecule has 5 nitrogen and oxygen atoms in total. The highest BCUT2D eigenvalue weighted by Crippen LogP contribution is 2.21. The number of thioether (sulfide) groups is 1. The zero-order valence-electron chi connectivity index (χ0n) is 10.1. The third-order valence-corrected chi connectivity index (χ3v) is 4.16. The van der Waals surface area contributed by atoms with Crippen LogP contribution in [0.1, 0.15) is 16.9 Å². The summed E-state index contributed by atoms with van der Waals surface area (Å²) in [5.74, 6) is 0.332. The van der Waals surface area contributed by atoms with Gasteiger partial charge < -0.3 is 10.0 Å². The maximum absolute atomic E-state index is 12.3. The number of aliphatic carboxylic acids is 1. The Labute approximate surface area is 120 Å². The molecule has 1 N–H and O–H groups in total. The third kappa shape index (κ3) is 3.61. The Kier molecular flexibility index (Phi) is 4.66. The van der Waals surface area contributed by atoms with Crippen LogP contribution in [-0.4, -0.2) is 51.0 Å². The van der Waals surface area contributed by atoms with E-state index in [1.54, 1.807) is 28.8 Å². The monoisotopic (exact) mass is 300 g/mol. The second-order valence-corrected chi connectivity index (χ2v) is 5.77. The van der Waals surface area contributed by atoms with Crippen LogP contribution in [0.4, 0.5) is 0 Å². The average Bonchev–Trinajstić information content (AvgIpc) is 2.39. The molecule has 0 bridgehead atoms. The topological polar surface area (TPSA) is 70.5 Å². The van der Waals surface area contributed by atoms with E-state index in [1.807, 2.05) is 0 Å². The van der Waals surface area contributed by atoms with Gasteiger partial charge in [0.2, 0.25) is 0 Å². The summed E-state index contributed by atoms with van der Waals surface area (Å²) in [5, 5.41) is 9.36. The normalized spacial score (nSPS) is 19.2. The van der Waals surface area contributed by atoms with Crippen molar-refractivity contribution in [2.75, 3.05) is 18.1 Å². The molecule has 1 fully saturated rings. The van der Waals surface area contributed by atoms with Crippen LogP contribution in [0.25, 0.3) is 0 Å². The molecule has 1 aliphatic heterocycles. The fraction of sp³-hybridized carbons (Fsp3) is 0.417. The number of carbonyl (C=O) groups is 2. The van der Waals surface area contributed by atoms with E-state index >= 15 is 0 Å². The number of hydrogen-bond acceptors (Lipinski definition) is 4. The molecule has 1 amide bonds. The van der Waals surface area contributed by atoms with Crippen molar-refractivity contribution in [1.29, 1.82) is 0 Å². The number of halogens is 1. The number of hydrogen-bond donors (Lipinski definition) is 1. The van der Waals surface area contributed by atoms with Crippen molar-refractivity contribution in [3.05, 3.63) is 29.0 Å². The molecular weight excluding hydrogens is 288 g/mol. The number of carboxylic acid groups (broad SMARTS) is 1. The lowest BCUT2D eigenvalue weighted by molar-refractivity contribution is -0.138. The molecule has 19 heavy (non-hydrogen) atoms. The van der Waals surface area contributed by atoms with Gasteiger partial charge in [-0.3, -0.25) is 9.59 Å². The van der Waals surface area contributed by atoms with Gasteiger partial charge in [-0.1, -0.05) is 11.6 Å². The molecule has 1 aromatic heterocycles. The Morgan fingerprint density at radius 2 is 2.32 bits per heavy atom. The summed E-state index contributed by atoms with van der Waals surface area (Å²) in [6.45, 7) is 0.547. The number of nitrogens with zero attached hydrogens (tertiary/aromatic N) is 2. The first-order valence-electron chi connectivity index (χ1n) is 5.80. The molecule has 0 radical (unpaired) electrons. The van der Waals surface area contributed by atoms with Crippen LogP contribution < -0.4 is 0 Å². The fourth-order valence-corrected chi connectivity index (χ4v) is 3.12.